The fourth-order valence-corrected chi connectivity index (χ4v) is 3.71. The lowest BCUT2D eigenvalue weighted by Gasteiger charge is -2.46. The SMILES string of the molecule is CNC(c1cnccc1N)C1(N(C)C)CCCCCC1. The zero-order chi connectivity index (χ0) is 14.6. The molecule has 1 aliphatic carbocycles. The van der Waals surface area contributed by atoms with Gasteiger partial charge in [-0.25, -0.2) is 0 Å². The van der Waals surface area contributed by atoms with E-state index < -0.39 is 0 Å². The molecular formula is C16H28N4. The second-order valence-electron chi connectivity index (χ2n) is 6.14. The molecule has 1 saturated carbocycles. The van der Waals surface area contributed by atoms with Gasteiger partial charge in [-0.1, -0.05) is 25.7 Å². The molecule has 1 aromatic heterocycles. The van der Waals surface area contributed by atoms with Crippen LogP contribution in [0.15, 0.2) is 18.5 Å². The molecule has 3 N–H and O–H groups in total. The molecule has 1 aliphatic rings. The normalized spacial score (nSPS) is 20.6. The van der Waals surface area contributed by atoms with Gasteiger partial charge in [0.1, 0.15) is 0 Å². The molecule has 2 rings (SSSR count). The fraction of sp³-hybridized carbons (Fsp3) is 0.688. The molecule has 1 fully saturated rings. The number of hydrogen-bond acceptors (Lipinski definition) is 4. The second kappa shape index (κ2) is 6.55. The number of nitrogens with zero attached hydrogens (tertiary/aromatic N) is 2. The van der Waals surface area contributed by atoms with E-state index in [2.05, 4.69) is 29.3 Å². The number of nitrogen functional groups attached to an aromatic ring is 1. The van der Waals surface area contributed by atoms with Crippen LogP contribution in [-0.4, -0.2) is 36.6 Å². The van der Waals surface area contributed by atoms with E-state index in [-0.39, 0.29) is 11.6 Å². The summed E-state index contributed by atoms with van der Waals surface area (Å²) >= 11 is 0. The molecule has 0 amide bonds. The van der Waals surface area contributed by atoms with Crippen molar-refractivity contribution in [1.29, 1.82) is 0 Å². The van der Waals surface area contributed by atoms with E-state index in [0.29, 0.717) is 0 Å². The first kappa shape index (κ1) is 15.3. The summed E-state index contributed by atoms with van der Waals surface area (Å²) in [6, 6.07) is 2.13. The topological polar surface area (TPSA) is 54.2 Å². The quantitative estimate of drug-likeness (QED) is 0.830. The lowest BCUT2D eigenvalue weighted by molar-refractivity contribution is 0.0836. The molecule has 0 aromatic carbocycles. The minimum Gasteiger partial charge on any atom is -0.398 e. The van der Waals surface area contributed by atoms with Crippen molar-refractivity contribution in [2.45, 2.75) is 50.1 Å². The lowest BCUT2D eigenvalue weighted by Crippen LogP contribution is -2.53. The summed E-state index contributed by atoms with van der Waals surface area (Å²) in [7, 11) is 6.43. The molecule has 0 bridgehead atoms. The standard InChI is InChI=1S/C16H28N4/c1-18-15(13-12-19-11-8-14(13)17)16(20(2)3)9-6-4-5-7-10-16/h8,11-12,15,18H,4-7,9-10H2,1-3H3,(H2,17,19). The van der Waals surface area contributed by atoms with Crippen LogP contribution in [0.25, 0.3) is 0 Å². The monoisotopic (exact) mass is 276 g/mol. The van der Waals surface area contributed by atoms with Crippen LogP contribution in [0.2, 0.25) is 0 Å². The average Bonchev–Trinajstić information content (AvgIpc) is 2.69. The van der Waals surface area contributed by atoms with Gasteiger partial charge in [0, 0.05) is 29.2 Å². The molecule has 112 valence electrons. The number of nitrogens with two attached hydrogens (primary N) is 1. The number of likely N-dealkylation sites (N-methyl/N-ethyl adjacent to an activating group) is 2. The van der Waals surface area contributed by atoms with Crippen LogP contribution in [0.4, 0.5) is 5.69 Å². The Balaban J connectivity index is 2.42. The van der Waals surface area contributed by atoms with E-state index in [1.165, 1.54) is 38.5 Å². The van der Waals surface area contributed by atoms with Crippen molar-refractivity contribution in [2.24, 2.45) is 0 Å². The predicted molar refractivity (Wildman–Crippen MR) is 84.6 cm³/mol. The van der Waals surface area contributed by atoms with E-state index in [4.69, 9.17) is 5.73 Å². The van der Waals surface area contributed by atoms with E-state index in [1.807, 2.05) is 19.3 Å². The maximum Gasteiger partial charge on any atom is 0.0540 e. The van der Waals surface area contributed by atoms with Gasteiger partial charge in [-0.15, -0.1) is 0 Å². The van der Waals surface area contributed by atoms with Crippen molar-refractivity contribution in [3.05, 3.63) is 24.0 Å². The molecule has 1 unspecified atom stereocenters. The zero-order valence-electron chi connectivity index (χ0n) is 13.0. The van der Waals surface area contributed by atoms with Gasteiger partial charge in [0.15, 0.2) is 0 Å². The van der Waals surface area contributed by atoms with Crippen LogP contribution in [-0.2, 0) is 0 Å². The summed E-state index contributed by atoms with van der Waals surface area (Å²) in [4.78, 5) is 6.68. The molecule has 0 radical (unpaired) electrons. The van der Waals surface area contributed by atoms with E-state index in [0.717, 1.165) is 11.3 Å². The zero-order valence-corrected chi connectivity index (χ0v) is 13.0. The number of nitrogens with one attached hydrogen (secondary N) is 1. The first-order chi connectivity index (χ1) is 9.62. The van der Waals surface area contributed by atoms with Crippen LogP contribution < -0.4 is 11.1 Å². The van der Waals surface area contributed by atoms with Gasteiger partial charge in [-0.3, -0.25) is 4.98 Å². The largest absolute Gasteiger partial charge is 0.398 e. The summed E-state index contributed by atoms with van der Waals surface area (Å²) in [5.74, 6) is 0. The molecular weight excluding hydrogens is 248 g/mol. The summed E-state index contributed by atoms with van der Waals surface area (Å²) in [6.45, 7) is 0. The van der Waals surface area contributed by atoms with Crippen molar-refractivity contribution in [2.75, 3.05) is 26.9 Å². The van der Waals surface area contributed by atoms with Gasteiger partial charge in [-0.05, 0) is 40.1 Å². The van der Waals surface area contributed by atoms with Crippen molar-refractivity contribution < 1.29 is 0 Å². The number of aromatic nitrogens is 1. The number of anilines is 1. The minimum absolute atomic E-state index is 0.127. The van der Waals surface area contributed by atoms with E-state index in [1.54, 1.807) is 6.20 Å². The van der Waals surface area contributed by atoms with Crippen molar-refractivity contribution in [1.82, 2.24) is 15.2 Å². The Morgan fingerprint density at radius 2 is 1.90 bits per heavy atom. The van der Waals surface area contributed by atoms with E-state index in [9.17, 15) is 0 Å². The van der Waals surface area contributed by atoms with Crippen LogP contribution in [0.5, 0.6) is 0 Å². The highest BCUT2D eigenvalue weighted by molar-refractivity contribution is 5.47. The maximum atomic E-state index is 6.20. The maximum absolute atomic E-state index is 6.20. The molecule has 1 aromatic rings. The number of pyridine rings is 1. The Labute approximate surface area is 122 Å². The second-order valence-corrected chi connectivity index (χ2v) is 6.14. The third-order valence-corrected chi connectivity index (χ3v) is 4.88. The summed E-state index contributed by atoms with van der Waals surface area (Å²) in [5, 5.41) is 3.52. The third kappa shape index (κ3) is 2.81. The van der Waals surface area contributed by atoms with Crippen molar-refractivity contribution in [3.8, 4) is 0 Å². The molecule has 0 spiro atoms. The molecule has 4 nitrogen and oxygen atoms in total. The highest BCUT2D eigenvalue weighted by Gasteiger charge is 2.41. The Kier molecular flexibility index (Phi) is 5.00. The Morgan fingerprint density at radius 3 is 2.40 bits per heavy atom. The van der Waals surface area contributed by atoms with Gasteiger partial charge in [0.2, 0.25) is 0 Å². The number of hydrogen-bond donors (Lipinski definition) is 2. The van der Waals surface area contributed by atoms with Crippen LogP contribution in [0.1, 0.15) is 50.1 Å². The molecule has 0 aliphatic heterocycles. The van der Waals surface area contributed by atoms with Gasteiger partial charge in [0.25, 0.3) is 0 Å². The third-order valence-electron chi connectivity index (χ3n) is 4.88. The summed E-state index contributed by atoms with van der Waals surface area (Å²) in [5.41, 5.74) is 8.30. The number of rotatable bonds is 4. The van der Waals surface area contributed by atoms with Crippen LogP contribution >= 0.6 is 0 Å². The Morgan fingerprint density at radius 1 is 1.25 bits per heavy atom. The van der Waals surface area contributed by atoms with Gasteiger partial charge in [-0.2, -0.15) is 0 Å². The first-order valence-electron chi connectivity index (χ1n) is 7.66. The summed E-state index contributed by atoms with van der Waals surface area (Å²) < 4.78 is 0. The molecule has 1 heterocycles. The molecule has 1 atom stereocenters. The average molecular weight is 276 g/mol. The minimum atomic E-state index is 0.127. The molecule has 0 saturated heterocycles. The van der Waals surface area contributed by atoms with E-state index >= 15 is 0 Å². The van der Waals surface area contributed by atoms with Gasteiger partial charge in [0.05, 0.1) is 6.04 Å². The van der Waals surface area contributed by atoms with Crippen molar-refractivity contribution >= 4 is 5.69 Å². The molecule has 20 heavy (non-hydrogen) atoms. The predicted octanol–water partition coefficient (Wildman–Crippen LogP) is 2.58. The highest BCUT2D eigenvalue weighted by Crippen LogP contribution is 2.42. The fourth-order valence-electron chi connectivity index (χ4n) is 3.71. The van der Waals surface area contributed by atoms with Crippen LogP contribution in [0.3, 0.4) is 0 Å². The van der Waals surface area contributed by atoms with Gasteiger partial charge < -0.3 is 16.0 Å². The van der Waals surface area contributed by atoms with Crippen molar-refractivity contribution in [3.63, 3.8) is 0 Å². The molecule has 4 heteroatoms. The Hall–Kier alpha value is -1.13. The van der Waals surface area contributed by atoms with Crippen LogP contribution in [0, 0.1) is 0 Å². The summed E-state index contributed by atoms with van der Waals surface area (Å²) in [6.07, 6.45) is 11.4. The Bertz CT molecular complexity index is 422. The highest BCUT2D eigenvalue weighted by atomic mass is 15.2. The first-order valence-corrected chi connectivity index (χ1v) is 7.66. The smallest absolute Gasteiger partial charge is 0.0540 e. The van der Waals surface area contributed by atoms with Gasteiger partial charge >= 0.3 is 0 Å². The lowest BCUT2D eigenvalue weighted by atomic mass is 9.78.